The second-order valence-corrected chi connectivity index (χ2v) is 5.99. The first-order chi connectivity index (χ1) is 10.1. The lowest BCUT2D eigenvalue weighted by Crippen LogP contribution is -2.46. The molecular formula is C17H26N2O2. The number of carbonyl (C=O) groups excluding carboxylic acids is 1. The normalized spacial score (nSPS) is 22.1. The number of ether oxygens (including phenoxy) is 1. The van der Waals surface area contributed by atoms with Crippen LogP contribution < -0.4 is 15.4 Å². The molecule has 2 unspecified atom stereocenters. The van der Waals surface area contributed by atoms with Gasteiger partial charge in [-0.2, -0.15) is 0 Å². The Morgan fingerprint density at radius 3 is 2.71 bits per heavy atom. The maximum atomic E-state index is 12.3. The molecule has 0 radical (unpaired) electrons. The Bertz CT molecular complexity index is 456. The van der Waals surface area contributed by atoms with Gasteiger partial charge in [0.2, 0.25) is 5.91 Å². The van der Waals surface area contributed by atoms with E-state index in [4.69, 9.17) is 4.74 Å². The van der Waals surface area contributed by atoms with Crippen molar-refractivity contribution in [1.29, 1.82) is 0 Å². The van der Waals surface area contributed by atoms with E-state index in [0.717, 1.165) is 30.8 Å². The molecule has 0 spiro atoms. The minimum Gasteiger partial charge on any atom is -0.491 e. The van der Waals surface area contributed by atoms with Gasteiger partial charge in [0, 0.05) is 5.69 Å². The molecule has 1 fully saturated rings. The van der Waals surface area contributed by atoms with Crippen LogP contribution >= 0.6 is 0 Å². The van der Waals surface area contributed by atoms with E-state index in [1.807, 2.05) is 38.1 Å². The van der Waals surface area contributed by atoms with E-state index in [-0.39, 0.29) is 18.1 Å². The smallest absolute Gasteiger partial charge is 0.241 e. The van der Waals surface area contributed by atoms with Gasteiger partial charge in [-0.25, -0.2) is 0 Å². The first-order valence-corrected chi connectivity index (χ1v) is 7.89. The molecule has 1 aliphatic rings. The van der Waals surface area contributed by atoms with E-state index in [1.165, 1.54) is 6.42 Å². The third-order valence-corrected chi connectivity index (χ3v) is 3.90. The number of benzene rings is 1. The van der Waals surface area contributed by atoms with E-state index in [9.17, 15) is 4.79 Å². The highest BCUT2D eigenvalue weighted by molar-refractivity contribution is 5.94. The highest BCUT2D eigenvalue weighted by Gasteiger charge is 2.25. The highest BCUT2D eigenvalue weighted by Crippen LogP contribution is 2.21. The van der Waals surface area contributed by atoms with Gasteiger partial charge >= 0.3 is 0 Å². The minimum absolute atomic E-state index is 0.0608. The van der Waals surface area contributed by atoms with Crippen molar-refractivity contribution < 1.29 is 9.53 Å². The van der Waals surface area contributed by atoms with Crippen molar-refractivity contribution in [2.45, 2.75) is 52.2 Å². The Morgan fingerprint density at radius 2 is 2.10 bits per heavy atom. The summed E-state index contributed by atoms with van der Waals surface area (Å²) in [6.45, 7) is 7.11. The lowest BCUT2D eigenvalue weighted by atomic mass is 9.90. The molecule has 116 valence electrons. The third kappa shape index (κ3) is 4.74. The van der Waals surface area contributed by atoms with Gasteiger partial charge in [0.25, 0.3) is 0 Å². The number of anilines is 1. The van der Waals surface area contributed by atoms with Gasteiger partial charge in [-0.05, 0) is 63.4 Å². The zero-order chi connectivity index (χ0) is 15.2. The number of nitrogens with one attached hydrogen (secondary N) is 2. The summed E-state index contributed by atoms with van der Waals surface area (Å²) in [5, 5.41) is 6.28. The topological polar surface area (TPSA) is 50.4 Å². The molecule has 2 atom stereocenters. The molecule has 1 amide bonds. The lowest BCUT2D eigenvalue weighted by molar-refractivity contribution is -0.119. The molecular weight excluding hydrogens is 264 g/mol. The number of carbonyl (C=O) groups is 1. The van der Waals surface area contributed by atoms with E-state index in [2.05, 4.69) is 17.6 Å². The Morgan fingerprint density at radius 1 is 1.38 bits per heavy atom. The van der Waals surface area contributed by atoms with Crippen LogP contribution in [-0.4, -0.2) is 24.6 Å². The van der Waals surface area contributed by atoms with Crippen molar-refractivity contribution in [3.63, 3.8) is 0 Å². The van der Waals surface area contributed by atoms with E-state index in [0.29, 0.717) is 5.92 Å². The van der Waals surface area contributed by atoms with Crippen molar-refractivity contribution >= 4 is 11.6 Å². The van der Waals surface area contributed by atoms with Crippen LogP contribution in [0, 0.1) is 5.92 Å². The molecule has 0 saturated carbocycles. The average molecular weight is 290 g/mol. The fourth-order valence-electron chi connectivity index (χ4n) is 2.69. The molecule has 4 heteroatoms. The summed E-state index contributed by atoms with van der Waals surface area (Å²) in [6, 6.07) is 7.47. The predicted octanol–water partition coefficient (Wildman–Crippen LogP) is 3.19. The standard InChI is InChI=1S/C17H26N2O2/c1-4-13-9-10-18-16(11-13)17(20)19-14-5-7-15(8-6-14)21-12(2)3/h5-8,12-13,16,18H,4,9-11H2,1-3H3,(H,19,20). The van der Waals surface area contributed by atoms with Crippen LogP contribution in [-0.2, 0) is 4.79 Å². The van der Waals surface area contributed by atoms with Gasteiger partial charge in [-0.1, -0.05) is 13.3 Å². The maximum Gasteiger partial charge on any atom is 0.241 e. The summed E-state index contributed by atoms with van der Waals surface area (Å²) >= 11 is 0. The fraction of sp³-hybridized carbons (Fsp3) is 0.588. The maximum absolute atomic E-state index is 12.3. The number of piperidine rings is 1. The van der Waals surface area contributed by atoms with Crippen LogP contribution in [0.2, 0.25) is 0 Å². The second kappa shape index (κ2) is 7.46. The number of hydrogen-bond donors (Lipinski definition) is 2. The summed E-state index contributed by atoms with van der Waals surface area (Å²) < 4.78 is 5.59. The summed E-state index contributed by atoms with van der Waals surface area (Å²) in [5.41, 5.74) is 0.816. The van der Waals surface area contributed by atoms with Gasteiger partial charge in [0.05, 0.1) is 12.1 Å². The van der Waals surface area contributed by atoms with E-state index < -0.39 is 0 Å². The van der Waals surface area contributed by atoms with Gasteiger partial charge < -0.3 is 15.4 Å². The molecule has 21 heavy (non-hydrogen) atoms. The highest BCUT2D eigenvalue weighted by atomic mass is 16.5. The van der Waals surface area contributed by atoms with Gasteiger partial charge in [-0.3, -0.25) is 4.79 Å². The van der Waals surface area contributed by atoms with Crippen LogP contribution in [0.15, 0.2) is 24.3 Å². The monoisotopic (exact) mass is 290 g/mol. The van der Waals surface area contributed by atoms with Crippen molar-refractivity contribution in [1.82, 2.24) is 5.32 Å². The molecule has 0 bridgehead atoms. The molecule has 1 aromatic carbocycles. The largest absolute Gasteiger partial charge is 0.491 e. The molecule has 0 aromatic heterocycles. The van der Waals surface area contributed by atoms with Gasteiger partial charge in [0.1, 0.15) is 5.75 Å². The first kappa shape index (κ1) is 15.8. The van der Waals surface area contributed by atoms with E-state index >= 15 is 0 Å². The first-order valence-electron chi connectivity index (χ1n) is 7.89. The molecule has 1 aliphatic heterocycles. The second-order valence-electron chi connectivity index (χ2n) is 5.99. The van der Waals surface area contributed by atoms with Crippen molar-refractivity contribution in [2.75, 3.05) is 11.9 Å². The van der Waals surface area contributed by atoms with Crippen LogP contribution in [0.1, 0.15) is 40.0 Å². The molecule has 4 nitrogen and oxygen atoms in total. The SMILES string of the molecule is CCC1CCNC(C(=O)Nc2ccc(OC(C)C)cc2)C1. The Hall–Kier alpha value is -1.55. The van der Waals surface area contributed by atoms with Gasteiger partial charge in [-0.15, -0.1) is 0 Å². The van der Waals surface area contributed by atoms with E-state index in [1.54, 1.807) is 0 Å². The zero-order valence-corrected chi connectivity index (χ0v) is 13.2. The molecule has 0 aliphatic carbocycles. The Kier molecular flexibility index (Phi) is 5.62. The lowest BCUT2D eigenvalue weighted by Gasteiger charge is -2.28. The van der Waals surface area contributed by atoms with Crippen LogP contribution in [0.5, 0.6) is 5.75 Å². The molecule has 1 aromatic rings. The Balaban J connectivity index is 1.90. The Labute approximate surface area is 127 Å². The van der Waals surface area contributed by atoms with Crippen molar-refractivity contribution in [3.8, 4) is 5.75 Å². The van der Waals surface area contributed by atoms with Crippen molar-refractivity contribution in [3.05, 3.63) is 24.3 Å². The minimum atomic E-state index is -0.0738. The number of amides is 1. The number of hydrogen-bond acceptors (Lipinski definition) is 3. The summed E-state index contributed by atoms with van der Waals surface area (Å²) in [5.74, 6) is 1.54. The molecule has 1 heterocycles. The number of rotatable bonds is 5. The van der Waals surface area contributed by atoms with Crippen LogP contribution in [0.3, 0.4) is 0 Å². The average Bonchev–Trinajstić information content (AvgIpc) is 2.49. The fourth-order valence-corrected chi connectivity index (χ4v) is 2.69. The summed E-state index contributed by atoms with van der Waals surface area (Å²) in [6.07, 6.45) is 3.40. The molecule has 1 saturated heterocycles. The molecule has 2 rings (SSSR count). The summed E-state index contributed by atoms with van der Waals surface area (Å²) in [4.78, 5) is 12.3. The van der Waals surface area contributed by atoms with Crippen molar-refractivity contribution in [2.24, 2.45) is 5.92 Å². The zero-order valence-electron chi connectivity index (χ0n) is 13.2. The quantitative estimate of drug-likeness (QED) is 0.875. The molecule has 2 N–H and O–H groups in total. The van der Waals surface area contributed by atoms with Gasteiger partial charge in [0.15, 0.2) is 0 Å². The van der Waals surface area contributed by atoms with Crippen LogP contribution in [0.4, 0.5) is 5.69 Å². The van der Waals surface area contributed by atoms with Crippen LogP contribution in [0.25, 0.3) is 0 Å². The third-order valence-electron chi connectivity index (χ3n) is 3.90. The predicted molar refractivity (Wildman–Crippen MR) is 85.6 cm³/mol. The summed E-state index contributed by atoms with van der Waals surface area (Å²) in [7, 11) is 0.